The van der Waals surface area contributed by atoms with E-state index in [2.05, 4.69) is 5.32 Å². The van der Waals surface area contributed by atoms with Crippen molar-refractivity contribution in [1.82, 2.24) is 5.32 Å². The van der Waals surface area contributed by atoms with E-state index in [1.54, 1.807) is 20.8 Å². The maximum atomic E-state index is 11.7. The molecule has 0 aromatic carbocycles. The Labute approximate surface area is 108 Å². The molecule has 18 heavy (non-hydrogen) atoms. The zero-order valence-electron chi connectivity index (χ0n) is 11.7. The first-order valence-electron chi connectivity index (χ1n) is 6.26. The summed E-state index contributed by atoms with van der Waals surface area (Å²) in [6.45, 7) is 8.98. The Balaban J connectivity index is 2.69. The van der Waals surface area contributed by atoms with Crippen molar-refractivity contribution in [1.29, 1.82) is 0 Å². The minimum absolute atomic E-state index is 0.355. The molecule has 104 valence electrons. The SMILES string of the molecule is CC(C)(C)OC(=O)N[C@H](C(=O)O)C(C)(C)C1CC1. The van der Waals surface area contributed by atoms with Crippen LogP contribution >= 0.6 is 0 Å². The van der Waals surface area contributed by atoms with Gasteiger partial charge < -0.3 is 15.2 Å². The van der Waals surface area contributed by atoms with Crippen molar-refractivity contribution < 1.29 is 19.4 Å². The molecule has 0 radical (unpaired) electrons. The Morgan fingerprint density at radius 1 is 1.22 bits per heavy atom. The van der Waals surface area contributed by atoms with E-state index in [1.165, 1.54) is 0 Å². The molecule has 0 aromatic rings. The lowest BCUT2D eigenvalue weighted by Gasteiger charge is -2.32. The van der Waals surface area contributed by atoms with Crippen molar-refractivity contribution in [2.75, 3.05) is 0 Å². The van der Waals surface area contributed by atoms with Crippen molar-refractivity contribution in [2.24, 2.45) is 11.3 Å². The van der Waals surface area contributed by atoms with Crippen LogP contribution in [0.15, 0.2) is 0 Å². The maximum Gasteiger partial charge on any atom is 0.408 e. The summed E-state index contributed by atoms with van der Waals surface area (Å²) >= 11 is 0. The predicted molar refractivity (Wildman–Crippen MR) is 67.3 cm³/mol. The van der Waals surface area contributed by atoms with E-state index in [4.69, 9.17) is 4.74 Å². The van der Waals surface area contributed by atoms with E-state index in [9.17, 15) is 14.7 Å². The average molecular weight is 257 g/mol. The molecule has 2 N–H and O–H groups in total. The van der Waals surface area contributed by atoms with Crippen LogP contribution in [0.5, 0.6) is 0 Å². The lowest BCUT2D eigenvalue weighted by molar-refractivity contribution is -0.143. The third-order valence-corrected chi connectivity index (χ3v) is 3.28. The minimum atomic E-state index is -1.02. The number of aliphatic carboxylic acids is 1. The van der Waals surface area contributed by atoms with E-state index in [1.807, 2.05) is 13.8 Å². The molecule has 5 heteroatoms. The Morgan fingerprint density at radius 2 is 1.72 bits per heavy atom. The van der Waals surface area contributed by atoms with Gasteiger partial charge in [0.1, 0.15) is 11.6 Å². The van der Waals surface area contributed by atoms with Gasteiger partial charge in [0.15, 0.2) is 0 Å². The van der Waals surface area contributed by atoms with Crippen LogP contribution in [0.25, 0.3) is 0 Å². The van der Waals surface area contributed by atoms with E-state index in [0.717, 1.165) is 12.8 Å². The summed E-state index contributed by atoms with van der Waals surface area (Å²) in [6.07, 6.45) is 1.36. The van der Waals surface area contributed by atoms with Gasteiger partial charge in [-0.15, -0.1) is 0 Å². The first-order valence-corrected chi connectivity index (χ1v) is 6.26. The quantitative estimate of drug-likeness (QED) is 0.811. The second-order valence-corrected chi connectivity index (χ2v) is 6.51. The summed E-state index contributed by atoms with van der Waals surface area (Å²) in [6, 6.07) is -0.917. The number of hydrogen-bond donors (Lipinski definition) is 2. The molecule has 1 fully saturated rings. The fourth-order valence-corrected chi connectivity index (χ4v) is 2.05. The predicted octanol–water partition coefficient (Wildman–Crippen LogP) is 2.40. The van der Waals surface area contributed by atoms with Crippen molar-refractivity contribution in [3.8, 4) is 0 Å². The van der Waals surface area contributed by atoms with Crippen LogP contribution in [0.4, 0.5) is 4.79 Å². The fraction of sp³-hybridized carbons (Fsp3) is 0.846. The van der Waals surface area contributed by atoms with Gasteiger partial charge in [0, 0.05) is 0 Å². The summed E-state index contributed by atoms with van der Waals surface area (Å²) in [5.41, 5.74) is -1.08. The normalized spacial score (nSPS) is 18.1. The highest BCUT2D eigenvalue weighted by Gasteiger charge is 2.47. The summed E-state index contributed by atoms with van der Waals surface area (Å²) in [4.78, 5) is 23.0. The molecule has 5 nitrogen and oxygen atoms in total. The van der Waals surface area contributed by atoms with Crippen molar-refractivity contribution in [3.05, 3.63) is 0 Å². The highest BCUT2D eigenvalue weighted by Crippen LogP contribution is 2.47. The summed E-state index contributed by atoms with van der Waals surface area (Å²) in [5.74, 6) is -0.661. The van der Waals surface area contributed by atoms with Crippen LogP contribution in [0, 0.1) is 11.3 Å². The molecule has 0 spiro atoms. The van der Waals surface area contributed by atoms with Gasteiger partial charge in [-0.05, 0) is 44.9 Å². The van der Waals surface area contributed by atoms with Crippen LogP contribution in [0.1, 0.15) is 47.5 Å². The molecule has 0 aliphatic heterocycles. The van der Waals surface area contributed by atoms with Crippen molar-refractivity contribution in [2.45, 2.75) is 59.1 Å². The number of carboxylic acid groups (broad SMARTS) is 1. The van der Waals surface area contributed by atoms with Gasteiger partial charge in [0.05, 0.1) is 0 Å². The molecule has 1 aliphatic rings. The van der Waals surface area contributed by atoms with Crippen molar-refractivity contribution >= 4 is 12.1 Å². The maximum absolute atomic E-state index is 11.7. The average Bonchev–Trinajstić information content (AvgIpc) is 2.92. The second kappa shape index (κ2) is 4.78. The van der Waals surface area contributed by atoms with E-state index in [0.29, 0.717) is 5.92 Å². The van der Waals surface area contributed by atoms with Crippen LogP contribution in [0.3, 0.4) is 0 Å². The molecule has 0 bridgehead atoms. The summed E-state index contributed by atoms with van der Waals surface area (Å²) < 4.78 is 5.10. The second-order valence-electron chi connectivity index (χ2n) is 6.51. The molecular weight excluding hydrogens is 234 g/mol. The smallest absolute Gasteiger partial charge is 0.408 e. The number of amides is 1. The van der Waals surface area contributed by atoms with E-state index in [-0.39, 0.29) is 0 Å². The molecule has 1 atom stereocenters. The molecule has 0 saturated heterocycles. The van der Waals surface area contributed by atoms with Crippen LogP contribution < -0.4 is 5.32 Å². The zero-order chi connectivity index (χ0) is 14.1. The first-order chi connectivity index (χ1) is 8.04. The van der Waals surface area contributed by atoms with E-state index < -0.39 is 29.1 Å². The fourth-order valence-electron chi connectivity index (χ4n) is 2.05. The number of rotatable bonds is 4. The Morgan fingerprint density at radius 3 is 2.06 bits per heavy atom. The molecule has 1 rings (SSSR count). The summed E-state index contributed by atoms with van der Waals surface area (Å²) in [7, 11) is 0. The number of carboxylic acids is 1. The number of hydrogen-bond acceptors (Lipinski definition) is 3. The first kappa shape index (κ1) is 14.8. The lowest BCUT2D eigenvalue weighted by atomic mass is 9.79. The standard InChI is InChI=1S/C13H23NO4/c1-12(2,3)18-11(17)14-9(10(15)16)13(4,5)8-6-7-8/h8-9H,6-7H2,1-5H3,(H,14,17)(H,15,16)/t9-/m1/s1. The monoisotopic (exact) mass is 257 g/mol. The number of carbonyl (C=O) groups is 2. The zero-order valence-corrected chi connectivity index (χ0v) is 11.7. The molecule has 0 heterocycles. The van der Waals surface area contributed by atoms with Crippen LogP contribution in [-0.4, -0.2) is 28.8 Å². The summed E-state index contributed by atoms with van der Waals surface area (Å²) in [5, 5.41) is 11.7. The number of ether oxygens (including phenoxy) is 1. The number of alkyl carbamates (subject to hydrolysis) is 1. The third kappa shape index (κ3) is 3.89. The topological polar surface area (TPSA) is 75.6 Å². The number of nitrogens with one attached hydrogen (secondary N) is 1. The van der Waals surface area contributed by atoms with Gasteiger partial charge in [-0.25, -0.2) is 9.59 Å². The van der Waals surface area contributed by atoms with Gasteiger partial charge in [0.25, 0.3) is 0 Å². The van der Waals surface area contributed by atoms with Crippen molar-refractivity contribution in [3.63, 3.8) is 0 Å². The molecule has 0 aromatic heterocycles. The van der Waals surface area contributed by atoms with Crippen LogP contribution in [-0.2, 0) is 9.53 Å². The molecular formula is C13H23NO4. The van der Waals surface area contributed by atoms with Gasteiger partial charge in [-0.3, -0.25) is 0 Å². The molecule has 1 amide bonds. The van der Waals surface area contributed by atoms with Gasteiger partial charge in [0.2, 0.25) is 0 Å². The number of carbonyl (C=O) groups excluding carboxylic acids is 1. The third-order valence-electron chi connectivity index (χ3n) is 3.28. The highest BCUT2D eigenvalue weighted by atomic mass is 16.6. The Kier molecular flexibility index (Phi) is 3.93. The Bertz CT molecular complexity index is 339. The highest BCUT2D eigenvalue weighted by molar-refractivity contribution is 5.81. The minimum Gasteiger partial charge on any atom is -0.480 e. The molecule has 1 aliphatic carbocycles. The van der Waals surface area contributed by atoms with E-state index >= 15 is 0 Å². The Hall–Kier alpha value is -1.26. The lowest BCUT2D eigenvalue weighted by Crippen LogP contribution is -2.52. The molecule has 1 saturated carbocycles. The van der Waals surface area contributed by atoms with Gasteiger partial charge in [-0.2, -0.15) is 0 Å². The van der Waals surface area contributed by atoms with Gasteiger partial charge in [-0.1, -0.05) is 13.8 Å². The van der Waals surface area contributed by atoms with Gasteiger partial charge >= 0.3 is 12.1 Å². The molecule has 0 unspecified atom stereocenters. The van der Waals surface area contributed by atoms with Crippen LogP contribution in [0.2, 0.25) is 0 Å². The largest absolute Gasteiger partial charge is 0.480 e.